The summed E-state index contributed by atoms with van der Waals surface area (Å²) in [7, 11) is 0. The molecule has 2 rings (SSSR count). The molecule has 0 N–H and O–H groups in total. The second-order valence-corrected chi connectivity index (χ2v) is 3.85. The highest BCUT2D eigenvalue weighted by Gasteiger charge is 2.18. The largest absolute Gasteiger partial charge is 0.258 e. The van der Waals surface area contributed by atoms with Gasteiger partial charge in [-0.3, -0.25) is 9.97 Å². The van der Waals surface area contributed by atoms with Gasteiger partial charge in [-0.1, -0.05) is 15.9 Å². The van der Waals surface area contributed by atoms with Crippen LogP contribution in [-0.2, 0) is 6.42 Å². The van der Waals surface area contributed by atoms with E-state index in [9.17, 15) is 0 Å². The van der Waals surface area contributed by atoms with Crippen LogP contribution in [0.25, 0.3) is 0 Å². The van der Waals surface area contributed by atoms with Crippen LogP contribution >= 0.6 is 15.9 Å². The van der Waals surface area contributed by atoms with Gasteiger partial charge in [0.15, 0.2) is 0 Å². The average Bonchev–Trinajstić information content (AvgIpc) is 2.06. The molecule has 1 aromatic heterocycles. The summed E-state index contributed by atoms with van der Waals surface area (Å²) >= 11 is 3.58. The lowest BCUT2D eigenvalue weighted by Gasteiger charge is -2.17. The van der Waals surface area contributed by atoms with Crippen molar-refractivity contribution in [3.8, 4) is 0 Å². The lowest BCUT2D eigenvalue weighted by Crippen LogP contribution is -2.08. The van der Waals surface area contributed by atoms with Crippen molar-refractivity contribution in [1.82, 2.24) is 9.97 Å². The van der Waals surface area contributed by atoms with Crippen molar-refractivity contribution >= 4 is 15.9 Å². The van der Waals surface area contributed by atoms with Gasteiger partial charge >= 0.3 is 0 Å². The molecule has 0 aromatic carbocycles. The van der Waals surface area contributed by atoms with Gasteiger partial charge in [-0.2, -0.15) is 0 Å². The Balaban J connectivity index is 2.44. The Morgan fingerprint density at radius 3 is 3.00 bits per heavy atom. The second-order valence-electron chi connectivity index (χ2n) is 2.75. The fourth-order valence-corrected chi connectivity index (χ4v) is 2.12. The van der Waals surface area contributed by atoms with Crippen LogP contribution in [0.4, 0.5) is 0 Å². The molecule has 0 amide bonds. The third-order valence-corrected chi connectivity index (χ3v) is 2.87. The number of aromatic nitrogens is 2. The summed E-state index contributed by atoms with van der Waals surface area (Å²) in [5, 5.41) is 0. The zero-order valence-corrected chi connectivity index (χ0v) is 7.71. The second kappa shape index (κ2) is 2.89. The minimum Gasteiger partial charge on any atom is -0.258 e. The number of aryl methyl sites for hydroxylation is 1. The number of fused-ring (bicyclic) bond motifs is 1. The van der Waals surface area contributed by atoms with Crippen molar-refractivity contribution in [2.24, 2.45) is 0 Å². The fourth-order valence-electron chi connectivity index (χ4n) is 1.42. The first-order valence-electron chi connectivity index (χ1n) is 3.82. The first kappa shape index (κ1) is 7.22. The van der Waals surface area contributed by atoms with Crippen molar-refractivity contribution in [3.05, 3.63) is 23.8 Å². The zero-order valence-electron chi connectivity index (χ0n) is 6.13. The highest BCUT2D eigenvalue weighted by atomic mass is 79.9. The molecular formula is C8H9BrN2. The van der Waals surface area contributed by atoms with Crippen LogP contribution in [0.5, 0.6) is 0 Å². The van der Waals surface area contributed by atoms with Crippen LogP contribution in [0.3, 0.4) is 0 Å². The number of hydrogen-bond acceptors (Lipinski definition) is 2. The molecule has 3 heteroatoms. The third-order valence-electron chi connectivity index (χ3n) is 1.97. The molecule has 0 bridgehead atoms. The van der Waals surface area contributed by atoms with E-state index in [1.807, 2.05) is 0 Å². The Morgan fingerprint density at radius 2 is 2.18 bits per heavy atom. The molecule has 0 spiro atoms. The molecule has 1 atom stereocenters. The number of alkyl halides is 1. The topological polar surface area (TPSA) is 25.8 Å². The summed E-state index contributed by atoms with van der Waals surface area (Å²) in [6.07, 6.45) is 7.03. The maximum absolute atomic E-state index is 4.29. The van der Waals surface area contributed by atoms with Crippen molar-refractivity contribution in [3.63, 3.8) is 0 Å². The minimum atomic E-state index is 0.431. The van der Waals surface area contributed by atoms with Crippen molar-refractivity contribution in [2.45, 2.75) is 24.1 Å². The third kappa shape index (κ3) is 1.29. The summed E-state index contributed by atoms with van der Waals surface area (Å²) in [5.41, 5.74) is 2.30. The molecule has 1 aromatic rings. The van der Waals surface area contributed by atoms with Crippen LogP contribution < -0.4 is 0 Å². The molecule has 58 valence electrons. The summed E-state index contributed by atoms with van der Waals surface area (Å²) in [6, 6.07) is 0. The normalized spacial score (nSPS) is 22.8. The molecule has 1 aliphatic carbocycles. The van der Waals surface area contributed by atoms with E-state index >= 15 is 0 Å². The van der Waals surface area contributed by atoms with Gasteiger partial charge in [0.1, 0.15) is 0 Å². The van der Waals surface area contributed by atoms with E-state index in [1.54, 1.807) is 12.4 Å². The Morgan fingerprint density at radius 1 is 1.36 bits per heavy atom. The van der Waals surface area contributed by atoms with Crippen LogP contribution in [-0.4, -0.2) is 9.97 Å². The van der Waals surface area contributed by atoms with Crippen LogP contribution in [0.1, 0.15) is 29.1 Å². The van der Waals surface area contributed by atoms with E-state index in [0.29, 0.717) is 4.83 Å². The molecule has 0 fully saturated rings. The standard InChI is InChI=1S/C8H9BrN2/c9-6-2-1-3-7-8(6)11-5-4-10-7/h4-6H,1-3H2. The molecular weight excluding hydrogens is 204 g/mol. The number of rotatable bonds is 0. The Labute approximate surface area is 74.2 Å². The van der Waals surface area contributed by atoms with Gasteiger partial charge in [-0.05, 0) is 19.3 Å². The first-order chi connectivity index (χ1) is 5.38. The number of hydrogen-bond donors (Lipinski definition) is 0. The van der Waals surface area contributed by atoms with E-state index < -0.39 is 0 Å². The van der Waals surface area contributed by atoms with Gasteiger partial charge in [-0.25, -0.2) is 0 Å². The molecule has 11 heavy (non-hydrogen) atoms. The van der Waals surface area contributed by atoms with E-state index in [2.05, 4.69) is 25.9 Å². The molecule has 1 aliphatic rings. The van der Waals surface area contributed by atoms with Crippen LogP contribution in [0, 0.1) is 0 Å². The molecule has 0 saturated heterocycles. The molecule has 1 unspecified atom stereocenters. The number of nitrogens with zero attached hydrogens (tertiary/aromatic N) is 2. The smallest absolute Gasteiger partial charge is 0.0755 e. The molecule has 0 aliphatic heterocycles. The predicted molar refractivity (Wildman–Crippen MR) is 46.6 cm³/mol. The predicted octanol–water partition coefficient (Wildman–Crippen LogP) is 2.25. The van der Waals surface area contributed by atoms with Crippen molar-refractivity contribution in [2.75, 3.05) is 0 Å². The Hall–Kier alpha value is -0.440. The van der Waals surface area contributed by atoms with Gasteiger partial charge in [0, 0.05) is 12.4 Å². The van der Waals surface area contributed by atoms with E-state index in [0.717, 1.165) is 12.1 Å². The first-order valence-corrected chi connectivity index (χ1v) is 4.73. The molecule has 1 heterocycles. The minimum absolute atomic E-state index is 0.431. The summed E-state index contributed by atoms with van der Waals surface area (Å²) < 4.78 is 0. The molecule has 2 nitrogen and oxygen atoms in total. The van der Waals surface area contributed by atoms with E-state index in [-0.39, 0.29) is 0 Å². The maximum atomic E-state index is 4.29. The van der Waals surface area contributed by atoms with Crippen molar-refractivity contribution in [1.29, 1.82) is 0 Å². The summed E-state index contributed by atoms with van der Waals surface area (Å²) in [6.45, 7) is 0. The zero-order chi connectivity index (χ0) is 7.68. The van der Waals surface area contributed by atoms with Crippen LogP contribution in [0.2, 0.25) is 0 Å². The summed E-state index contributed by atoms with van der Waals surface area (Å²) in [4.78, 5) is 9.00. The van der Waals surface area contributed by atoms with E-state index in [4.69, 9.17) is 0 Å². The van der Waals surface area contributed by atoms with Gasteiger partial charge in [0.05, 0.1) is 16.2 Å². The lowest BCUT2D eigenvalue weighted by atomic mass is 10.0. The molecule has 0 radical (unpaired) electrons. The monoisotopic (exact) mass is 212 g/mol. The lowest BCUT2D eigenvalue weighted by molar-refractivity contribution is 0.644. The fraction of sp³-hybridized carbons (Fsp3) is 0.500. The Bertz CT molecular complexity index is 262. The van der Waals surface area contributed by atoms with Gasteiger partial charge in [0.2, 0.25) is 0 Å². The quantitative estimate of drug-likeness (QED) is 0.617. The van der Waals surface area contributed by atoms with Gasteiger partial charge in [0.25, 0.3) is 0 Å². The molecule has 0 saturated carbocycles. The Kier molecular flexibility index (Phi) is 1.90. The average molecular weight is 213 g/mol. The van der Waals surface area contributed by atoms with Crippen molar-refractivity contribution < 1.29 is 0 Å². The van der Waals surface area contributed by atoms with Gasteiger partial charge < -0.3 is 0 Å². The van der Waals surface area contributed by atoms with Crippen LogP contribution in [0.15, 0.2) is 12.4 Å². The highest BCUT2D eigenvalue weighted by Crippen LogP contribution is 2.32. The maximum Gasteiger partial charge on any atom is 0.0755 e. The van der Waals surface area contributed by atoms with E-state index in [1.165, 1.54) is 18.5 Å². The van der Waals surface area contributed by atoms with Gasteiger partial charge in [-0.15, -0.1) is 0 Å². The summed E-state index contributed by atoms with van der Waals surface area (Å²) in [5.74, 6) is 0. The number of halogens is 1. The SMILES string of the molecule is BrC1CCCc2nccnc21. The highest BCUT2D eigenvalue weighted by molar-refractivity contribution is 9.09.